The van der Waals surface area contributed by atoms with Crippen molar-refractivity contribution >= 4 is 16.5 Å². The van der Waals surface area contributed by atoms with Crippen LogP contribution in [0.3, 0.4) is 0 Å². The molecule has 0 saturated heterocycles. The first-order valence-corrected chi connectivity index (χ1v) is 8.74. The van der Waals surface area contributed by atoms with Crippen molar-refractivity contribution in [2.75, 3.05) is 7.11 Å². The third kappa shape index (κ3) is 1.92. The Morgan fingerprint density at radius 3 is 2.39 bits per heavy atom. The van der Waals surface area contributed by atoms with Crippen LogP contribution in [0.2, 0.25) is 0 Å². The predicted molar refractivity (Wildman–Crippen MR) is 97.1 cm³/mol. The summed E-state index contributed by atoms with van der Waals surface area (Å²) in [5.41, 5.74) is 3.42. The molecule has 0 amide bonds. The van der Waals surface area contributed by atoms with Gasteiger partial charge in [-0.3, -0.25) is 0 Å². The normalized spacial score (nSPS) is 30.7. The van der Waals surface area contributed by atoms with Crippen LogP contribution in [-0.4, -0.2) is 7.11 Å². The van der Waals surface area contributed by atoms with Gasteiger partial charge < -0.3 is 4.74 Å². The monoisotopic (exact) mass is 306 g/mol. The van der Waals surface area contributed by atoms with Crippen molar-refractivity contribution in [2.45, 2.75) is 40.0 Å². The summed E-state index contributed by atoms with van der Waals surface area (Å²) >= 11 is 0. The van der Waals surface area contributed by atoms with Gasteiger partial charge in [-0.2, -0.15) is 0 Å². The standard InChI is InChI=1S/C22H26O/c1-21(2)18-11-12-22(21,3)19(14-18)20(23-4)17-10-9-15-7-5-6-8-16(15)13-17/h5-10,13,18H,11-12,14H2,1-4H3/b20-19-/t18-,22+/m0/s1. The predicted octanol–water partition coefficient (Wildman–Crippen LogP) is 6.04. The van der Waals surface area contributed by atoms with Crippen molar-refractivity contribution in [3.05, 3.63) is 53.6 Å². The topological polar surface area (TPSA) is 9.23 Å². The highest BCUT2D eigenvalue weighted by atomic mass is 16.5. The largest absolute Gasteiger partial charge is 0.496 e. The van der Waals surface area contributed by atoms with E-state index in [0.717, 1.165) is 11.7 Å². The average Bonchev–Trinajstić information content (AvgIpc) is 2.89. The van der Waals surface area contributed by atoms with Gasteiger partial charge >= 0.3 is 0 Å². The van der Waals surface area contributed by atoms with E-state index in [1.807, 2.05) is 7.11 Å². The SMILES string of the molecule is CO/C(=C1/C[C@@H]2CC[C@@]1(C)C2(C)C)c1ccc2ccccc2c1. The maximum Gasteiger partial charge on any atom is 0.125 e. The van der Waals surface area contributed by atoms with Gasteiger partial charge in [-0.05, 0) is 58.4 Å². The van der Waals surface area contributed by atoms with E-state index in [1.54, 1.807) is 0 Å². The molecule has 1 heteroatoms. The van der Waals surface area contributed by atoms with Crippen molar-refractivity contribution in [1.82, 2.24) is 0 Å². The Hall–Kier alpha value is -1.76. The van der Waals surface area contributed by atoms with Crippen LogP contribution in [0.15, 0.2) is 48.0 Å². The molecule has 2 bridgehead atoms. The zero-order valence-electron chi connectivity index (χ0n) is 14.6. The second-order valence-electron chi connectivity index (χ2n) is 8.07. The maximum atomic E-state index is 5.96. The fourth-order valence-corrected chi connectivity index (χ4v) is 5.05. The minimum absolute atomic E-state index is 0.272. The summed E-state index contributed by atoms with van der Waals surface area (Å²) in [7, 11) is 1.83. The van der Waals surface area contributed by atoms with Gasteiger partial charge in [0.25, 0.3) is 0 Å². The summed E-state index contributed by atoms with van der Waals surface area (Å²) in [6.07, 6.45) is 3.85. The molecule has 0 N–H and O–H groups in total. The Kier molecular flexibility index (Phi) is 3.13. The molecule has 23 heavy (non-hydrogen) atoms. The molecular weight excluding hydrogens is 280 g/mol. The molecule has 0 aliphatic heterocycles. The second kappa shape index (κ2) is 4.87. The molecule has 120 valence electrons. The third-order valence-corrected chi connectivity index (χ3v) is 7.04. The third-order valence-electron chi connectivity index (χ3n) is 7.04. The van der Waals surface area contributed by atoms with Crippen molar-refractivity contribution < 1.29 is 4.74 Å². The Morgan fingerprint density at radius 1 is 1.04 bits per heavy atom. The Morgan fingerprint density at radius 2 is 1.78 bits per heavy atom. The molecule has 2 aromatic carbocycles. The molecule has 0 aromatic heterocycles. The van der Waals surface area contributed by atoms with Crippen molar-refractivity contribution in [3.8, 4) is 0 Å². The van der Waals surface area contributed by atoms with Crippen LogP contribution >= 0.6 is 0 Å². The highest BCUT2D eigenvalue weighted by Crippen LogP contribution is 2.69. The van der Waals surface area contributed by atoms with Gasteiger partial charge in [-0.1, -0.05) is 57.2 Å². The average molecular weight is 306 g/mol. The summed E-state index contributed by atoms with van der Waals surface area (Å²) in [5, 5.41) is 2.57. The molecule has 2 atom stereocenters. The Labute approximate surface area is 139 Å². The van der Waals surface area contributed by atoms with Gasteiger partial charge in [0, 0.05) is 5.56 Å². The van der Waals surface area contributed by atoms with Gasteiger partial charge in [0.1, 0.15) is 5.76 Å². The first-order chi connectivity index (χ1) is 11.0. The van der Waals surface area contributed by atoms with Gasteiger partial charge in [-0.25, -0.2) is 0 Å². The number of benzene rings is 2. The highest BCUT2D eigenvalue weighted by molar-refractivity contribution is 5.86. The molecule has 0 spiro atoms. The van der Waals surface area contributed by atoms with Crippen LogP contribution in [0.25, 0.3) is 16.5 Å². The first-order valence-electron chi connectivity index (χ1n) is 8.74. The van der Waals surface area contributed by atoms with E-state index >= 15 is 0 Å². The van der Waals surface area contributed by atoms with Gasteiger partial charge in [0.05, 0.1) is 7.11 Å². The summed E-state index contributed by atoms with van der Waals surface area (Å²) in [5.74, 6) is 1.92. The van der Waals surface area contributed by atoms with E-state index in [-0.39, 0.29) is 5.41 Å². The van der Waals surface area contributed by atoms with E-state index in [9.17, 15) is 0 Å². The number of methoxy groups -OCH3 is 1. The van der Waals surface area contributed by atoms with E-state index in [4.69, 9.17) is 4.74 Å². The summed E-state index contributed by atoms with van der Waals surface area (Å²) in [4.78, 5) is 0. The molecular formula is C22H26O. The van der Waals surface area contributed by atoms with Crippen molar-refractivity contribution in [1.29, 1.82) is 0 Å². The lowest BCUT2D eigenvalue weighted by Gasteiger charge is -2.36. The van der Waals surface area contributed by atoms with Crippen LogP contribution in [0.5, 0.6) is 0 Å². The fraction of sp³-hybridized carbons (Fsp3) is 0.455. The van der Waals surface area contributed by atoms with Crippen molar-refractivity contribution in [3.63, 3.8) is 0 Å². The zero-order valence-corrected chi connectivity index (χ0v) is 14.6. The first kappa shape index (κ1) is 14.8. The van der Waals surface area contributed by atoms with E-state index in [0.29, 0.717) is 5.41 Å². The van der Waals surface area contributed by atoms with Crippen molar-refractivity contribution in [2.24, 2.45) is 16.7 Å². The minimum Gasteiger partial charge on any atom is -0.496 e. The molecule has 2 saturated carbocycles. The molecule has 4 rings (SSSR count). The van der Waals surface area contributed by atoms with E-state index in [1.165, 1.54) is 41.2 Å². The molecule has 2 aliphatic rings. The fourth-order valence-electron chi connectivity index (χ4n) is 5.05. The summed E-state index contributed by atoms with van der Waals surface area (Å²) in [6, 6.07) is 15.3. The molecule has 0 heterocycles. The molecule has 2 fully saturated rings. The number of rotatable bonds is 2. The Bertz CT molecular complexity index is 798. The number of hydrogen-bond donors (Lipinski definition) is 0. The van der Waals surface area contributed by atoms with Crippen LogP contribution < -0.4 is 0 Å². The molecule has 1 nitrogen and oxygen atoms in total. The molecule has 2 aromatic rings. The molecule has 0 radical (unpaired) electrons. The lowest BCUT2D eigenvalue weighted by Crippen LogP contribution is -2.28. The van der Waals surface area contributed by atoms with E-state index < -0.39 is 0 Å². The Balaban J connectivity index is 1.88. The maximum absolute atomic E-state index is 5.96. The van der Waals surface area contributed by atoms with Gasteiger partial charge in [0.15, 0.2) is 0 Å². The molecule has 0 unspecified atom stereocenters. The van der Waals surface area contributed by atoms with Crippen LogP contribution in [-0.2, 0) is 4.74 Å². The van der Waals surface area contributed by atoms with E-state index in [2.05, 4.69) is 63.2 Å². The lowest BCUT2D eigenvalue weighted by molar-refractivity contribution is 0.177. The number of fused-ring (bicyclic) bond motifs is 3. The number of ether oxygens (including phenoxy) is 1. The second-order valence-corrected chi connectivity index (χ2v) is 8.07. The van der Waals surface area contributed by atoms with Gasteiger partial charge in [-0.15, -0.1) is 0 Å². The number of allylic oxidation sites excluding steroid dienone is 1. The van der Waals surface area contributed by atoms with Crippen LogP contribution in [0.1, 0.15) is 45.6 Å². The zero-order chi connectivity index (χ0) is 16.2. The lowest BCUT2D eigenvalue weighted by atomic mass is 9.68. The highest BCUT2D eigenvalue weighted by Gasteiger charge is 2.59. The number of hydrogen-bond acceptors (Lipinski definition) is 1. The molecule has 2 aliphatic carbocycles. The van der Waals surface area contributed by atoms with Gasteiger partial charge in [0.2, 0.25) is 0 Å². The van der Waals surface area contributed by atoms with Crippen LogP contribution in [0, 0.1) is 16.7 Å². The minimum atomic E-state index is 0.272. The summed E-state index contributed by atoms with van der Waals surface area (Å²) in [6.45, 7) is 7.35. The quantitative estimate of drug-likeness (QED) is 0.614. The smallest absolute Gasteiger partial charge is 0.125 e. The van der Waals surface area contributed by atoms with Crippen LogP contribution in [0.4, 0.5) is 0 Å². The summed E-state index contributed by atoms with van der Waals surface area (Å²) < 4.78 is 5.96.